The summed E-state index contributed by atoms with van der Waals surface area (Å²) >= 11 is 0. The number of nitrogens with one attached hydrogen (secondary N) is 1. The quantitative estimate of drug-likeness (QED) is 0.595. The molecule has 0 aliphatic carbocycles. The van der Waals surface area contributed by atoms with Crippen LogP contribution in [0.2, 0.25) is 0 Å². The van der Waals surface area contributed by atoms with Gasteiger partial charge in [-0.1, -0.05) is 0 Å². The fraction of sp³-hybridized carbons (Fsp3) is 0.950. The molecule has 6 heteroatoms. The van der Waals surface area contributed by atoms with Crippen LogP contribution in [-0.2, 0) is 9.47 Å². The lowest BCUT2D eigenvalue weighted by molar-refractivity contribution is 0.00904. The van der Waals surface area contributed by atoms with Crippen LogP contribution in [0.4, 0.5) is 0 Å². The molecule has 0 aromatic rings. The van der Waals surface area contributed by atoms with Gasteiger partial charge in [-0.15, -0.1) is 0 Å². The molecule has 6 nitrogen and oxygen atoms in total. The zero-order chi connectivity index (χ0) is 18.6. The zero-order valence-electron chi connectivity index (χ0n) is 17.2. The van der Waals surface area contributed by atoms with Crippen molar-refractivity contribution in [3.8, 4) is 0 Å². The number of hydrogen-bond acceptors (Lipinski definition) is 4. The second-order valence-electron chi connectivity index (χ2n) is 8.88. The van der Waals surface area contributed by atoms with Gasteiger partial charge >= 0.3 is 0 Å². The third-order valence-corrected chi connectivity index (χ3v) is 6.50. The van der Waals surface area contributed by atoms with Crippen molar-refractivity contribution < 1.29 is 9.47 Å². The molecular formula is C20H38N4O2. The standard InChI is InChI=1S/C20H38N4O2/c1-5-21-18(23-12-8-20(15-23)9-13-26-16-20)22-14-19(2,3)24-10-6-17(25-4)7-11-24/h17H,5-16H2,1-4H3,(H,21,22). The number of likely N-dealkylation sites (tertiary alicyclic amines) is 2. The third-order valence-electron chi connectivity index (χ3n) is 6.50. The molecule has 150 valence electrons. The second-order valence-corrected chi connectivity index (χ2v) is 8.88. The average Bonchev–Trinajstić information content (AvgIpc) is 3.29. The van der Waals surface area contributed by atoms with Gasteiger partial charge in [0.05, 0.1) is 19.3 Å². The maximum Gasteiger partial charge on any atom is 0.194 e. The van der Waals surface area contributed by atoms with E-state index < -0.39 is 0 Å². The van der Waals surface area contributed by atoms with Crippen LogP contribution in [0.5, 0.6) is 0 Å². The highest BCUT2D eigenvalue weighted by Gasteiger charge is 2.42. The van der Waals surface area contributed by atoms with E-state index in [2.05, 4.69) is 35.9 Å². The molecule has 3 aliphatic rings. The van der Waals surface area contributed by atoms with Gasteiger partial charge in [-0.05, 0) is 46.5 Å². The predicted molar refractivity (Wildman–Crippen MR) is 106 cm³/mol. The van der Waals surface area contributed by atoms with Crippen LogP contribution in [0.15, 0.2) is 4.99 Å². The molecule has 3 saturated heterocycles. The Bertz CT molecular complexity index is 480. The molecule has 1 atom stereocenters. The highest BCUT2D eigenvalue weighted by molar-refractivity contribution is 5.80. The first kappa shape index (κ1) is 19.9. The van der Waals surface area contributed by atoms with E-state index >= 15 is 0 Å². The highest BCUT2D eigenvalue weighted by Crippen LogP contribution is 2.38. The minimum absolute atomic E-state index is 0.0767. The summed E-state index contributed by atoms with van der Waals surface area (Å²) in [6.07, 6.45) is 5.10. The minimum Gasteiger partial charge on any atom is -0.381 e. The lowest BCUT2D eigenvalue weighted by atomic mass is 9.87. The van der Waals surface area contributed by atoms with Crippen LogP contribution >= 0.6 is 0 Å². The number of nitrogens with zero attached hydrogens (tertiary/aromatic N) is 3. The van der Waals surface area contributed by atoms with Crippen LogP contribution in [0.25, 0.3) is 0 Å². The number of methoxy groups -OCH3 is 1. The summed E-state index contributed by atoms with van der Waals surface area (Å²) in [7, 11) is 1.83. The van der Waals surface area contributed by atoms with Crippen LogP contribution in [-0.4, -0.2) is 87.0 Å². The van der Waals surface area contributed by atoms with Crippen molar-refractivity contribution in [2.24, 2.45) is 10.4 Å². The van der Waals surface area contributed by atoms with Gasteiger partial charge in [0.15, 0.2) is 5.96 Å². The Labute approximate surface area is 159 Å². The van der Waals surface area contributed by atoms with E-state index in [-0.39, 0.29) is 5.54 Å². The van der Waals surface area contributed by atoms with Crippen LogP contribution in [0.3, 0.4) is 0 Å². The molecule has 3 rings (SSSR count). The zero-order valence-corrected chi connectivity index (χ0v) is 17.2. The average molecular weight is 367 g/mol. The monoisotopic (exact) mass is 366 g/mol. The summed E-state index contributed by atoms with van der Waals surface area (Å²) in [6, 6.07) is 0. The first-order valence-electron chi connectivity index (χ1n) is 10.4. The van der Waals surface area contributed by atoms with E-state index in [1.54, 1.807) is 0 Å². The van der Waals surface area contributed by atoms with Crippen LogP contribution in [0, 0.1) is 5.41 Å². The molecule has 1 spiro atoms. The Morgan fingerprint density at radius 1 is 1.27 bits per heavy atom. The molecule has 0 aromatic carbocycles. The molecule has 3 heterocycles. The summed E-state index contributed by atoms with van der Waals surface area (Å²) in [5.74, 6) is 1.08. The largest absolute Gasteiger partial charge is 0.381 e. The number of aliphatic imine (C=N–C) groups is 1. The Morgan fingerprint density at radius 2 is 2.04 bits per heavy atom. The van der Waals surface area contributed by atoms with Crippen LogP contribution < -0.4 is 5.32 Å². The van der Waals surface area contributed by atoms with Gasteiger partial charge in [-0.3, -0.25) is 9.89 Å². The van der Waals surface area contributed by atoms with Crippen molar-refractivity contribution in [3.63, 3.8) is 0 Å². The molecule has 0 saturated carbocycles. The third kappa shape index (κ3) is 4.52. The SMILES string of the molecule is CCNC(=NCC(C)(C)N1CCC(OC)CC1)N1CCC2(CCOC2)C1. The summed E-state index contributed by atoms with van der Waals surface area (Å²) in [5, 5.41) is 3.52. The Hall–Kier alpha value is -0.850. The number of guanidine groups is 1. The molecule has 3 aliphatic heterocycles. The van der Waals surface area contributed by atoms with Gasteiger partial charge in [0.1, 0.15) is 0 Å². The van der Waals surface area contributed by atoms with Crippen molar-refractivity contribution in [1.29, 1.82) is 0 Å². The van der Waals surface area contributed by atoms with E-state index in [1.807, 2.05) is 7.11 Å². The van der Waals surface area contributed by atoms with Crippen molar-refractivity contribution in [1.82, 2.24) is 15.1 Å². The highest BCUT2D eigenvalue weighted by atomic mass is 16.5. The van der Waals surface area contributed by atoms with E-state index in [9.17, 15) is 0 Å². The summed E-state index contributed by atoms with van der Waals surface area (Å²) in [5.41, 5.74) is 0.445. The molecule has 1 unspecified atom stereocenters. The normalized spacial score (nSPS) is 29.1. The number of hydrogen-bond donors (Lipinski definition) is 1. The Kier molecular flexibility index (Phi) is 6.46. The van der Waals surface area contributed by atoms with E-state index in [1.165, 1.54) is 12.8 Å². The molecule has 3 fully saturated rings. The first-order chi connectivity index (χ1) is 12.5. The molecule has 0 radical (unpaired) electrons. The number of ether oxygens (including phenoxy) is 2. The minimum atomic E-state index is 0.0767. The second kappa shape index (κ2) is 8.44. The van der Waals surface area contributed by atoms with E-state index in [0.717, 1.165) is 71.3 Å². The van der Waals surface area contributed by atoms with Crippen molar-refractivity contribution >= 4 is 5.96 Å². The van der Waals surface area contributed by atoms with Gasteiger partial charge in [0.2, 0.25) is 0 Å². The van der Waals surface area contributed by atoms with Crippen molar-refractivity contribution in [2.75, 3.05) is 59.6 Å². The maximum atomic E-state index is 5.68. The topological polar surface area (TPSA) is 49.3 Å². The van der Waals surface area contributed by atoms with Gasteiger partial charge in [0.25, 0.3) is 0 Å². The van der Waals surface area contributed by atoms with Crippen LogP contribution in [0.1, 0.15) is 46.5 Å². The Balaban J connectivity index is 1.60. The van der Waals surface area contributed by atoms with Crippen molar-refractivity contribution in [3.05, 3.63) is 0 Å². The van der Waals surface area contributed by atoms with Gasteiger partial charge in [-0.2, -0.15) is 0 Å². The van der Waals surface area contributed by atoms with Crippen molar-refractivity contribution in [2.45, 2.75) is 58.1 Å². The first-order valence-corrected chi connectivity index (χ1v) is 10.4. The lowest BCUT2D eigenvalue weighted by Gasteiger charge is -2.42. The van der Waals surface area contributed by atoms with Gasteiger partial charge < -0.3 is 19.7 Å². The molecule has 0 aromatic heterocycles. The van der Waals surface area contributed by atoms with E-state index in [0.29, 0.717) is 11.5 Å². The number of piperidine rings is 1. The Morgan fingerprint density at radius 3 is 2.65 bits per heavy atom. The summed E-state index contributed by atoms with van der Waals surface area (Å²) < 4.78 is 11.2. The van der Waals surface area contributed by atoms with Gasteiger partial charge in [-0.25, -0.2) is 0 Å². The van der Waals surface area contributed by atoms with Gasteiger partial charge in [0, 0.05) is 57.4 Å². The summed E-state index contributed by atoms with van der Waals surface area (Å²) in [4.78, 5) is 10.1. The lowest BCUT2D eigenvalue weighted by Crippen LogP contribution is -2.52. The number of rotatable bonds is 5. The predicted octanol–water partition coefficient (Wildman–Crippen LogP) is 1.95. The molecule has 0 amide bonds. The smallest absolute Gasteiger partial charge is 0.194 e. The molecule has 26 heavy (non-hydrogen) atoms. The summed E-state index contributed by atoms with van der Waals surface area (Å²) in [6.45, 7) is 14.8. The van der Waals surface area contributed by atoms with E-state index in [4.69, 9.17) is 14.5 Å². The fourth-order valence-corrected chi connectivity index (χ4v) is 4.58. The fourth-order valence-electron chi connectivity index (χ4n) is 4.58. The maximum absolute atomic E-state index is 5.68. The molecule has 1 N–H and O–H groups in total. The molecular weight excluding hydrogens is 328 g/mol. The molecule has 0 bridgehead atoms.